The van der Waals surface area contributed by atoms with Gasteiger partial charge >= 0.3 is 11.9 Å². The van der Waals surface area contributed by atoms with Crippen LogP contribution in [0.15, 0.2) is 75.7 Å². The number of nitrogens with zero attached hydrogens (tertiary/aromatic N) is 2. The lowest BCUT2D eigenvalue weighted by molar-refractivity contribution is -0.145. The van der Waals surface area contributed by atoms with E-state index >= 15 is 0 Å². The molecule has 186 valence electrons. The van der Waals surface area contributed by atoms with E-state index in [9.17, 15) is 14.4 Å². The van der Waals surface area contributed by atoms with Crippen LogP contribution in [-0.4, -0.2) is 36.8 Å². The normalized spacial score (nSPS) is 15.2. The summed E-state index contributed by atoms with van der Waals surface area (Å²) in [5.74, 6) is -0.547. The zero-order chi connectivity index (χ0) is 25.7. The molecule has 2 heterocycles. The molecule has 0 spiro atoms. The molecule has 0 amide bonds. The summed E-state index contributed by atoms with van der Waals surface area (Å²) in [6.07, 6.45) is 2.21. The van der Waals surface area contributed by atoms with Gasteiger partial charge in [-0.3, -0.25) is 9.36 Å². The summed E-state index contributed by atoms with van der Waals surface area (Å²) in [6, 6.07) is 15.8. The van der Waals surface area contributed by atoms with Gasteiger partial charge in [0.1, 0.15) is 5.75 Å². The second-order valence-corrected chi connectivity index (χ2v) is 8.84. The van der Waals surface area contributed by atoms with Gasteiger partial charge in [0.05, 0.1) is 35.6 Å². The smallest absolute Gasteiger partial charge is 0.344 e. The molecule has 0 radical (unpaired) electrons. The number of para-hydroxylation sites is 1. The molecule has 0 saturated carbocycles. The molecule has 3 aromatic rings. The number of hydrogen-bond donors (Lipinski definition) is 0. The molecule has 0 fully saturated rings. The summed E-state index contributed by atoms with van der Waals surface area (Å²) >= 11 is 1.23. The zero-order valence-corrected chi connectivity index (χ0v) is 21.0. The highest BCUT2D eigenvalue weighted by atomic mass is 32.1. The van der Waals surface area contributed by atoms with Crippen molar-refractivity contribution in [3.05, 3.63) is 96.7 Å². The lowest BCUT2D eigenvalue weighted by atomic mass is 9.95. The Kier molecular flexibility index (Phi) is 7.80. The summed E-state index contributed by atoms with van der Waals surface area (Å²) < 4.78 is 17.6. The SMILES string of the molecule is CCOC(=O)COc1ccccc1/C=c1/sc2n(c1=O)[C@@H](c1ccccc1)C(C(=O)OC)=C(CC)N=2. The molecule has 0 unspecified atom stereocenters. The van der Waals surface area contributed by atoms with Crippen LogP contribution in [0.25, 0.3) is 6.08 Å². The third-order valence-electron chi connectivity index (χ3n) is 5.62. The number of benzene rings is 2. The van der Waals surface area contributed by atoms with Gasteiger partial charge in [-0.2, -0.15) is 0 Å². The van der Waals surface area contributed by atoms with Gasteiger partial charge in [0.2, 0.25) is 0 Å². The number of hydrogen-bond acceptors (Lipinski definition) is 8. The maximum Gasteiger partial charge on any atom is 0.344 e. The summed E-state index contributed by atoms with van der Waals surface area (Å²) in [6.45, 7) is 3.66. The van der Waals surface area contributed by atoms with Crippen LogP contribution in [0.3, 0.4) is 0 Å². The van der Waals surface area contributed by atoms with Crippen molar-refractivity contribution in [2.24, 2.45) is 4.99 Å². The van der Waals surface area contributed by atoms with E-state index in [1.165, 1.54) is 18.4 Å². The third-order valence-corrected chi connectivity index (χ3v) is 6.60. The van der Waals surface area contributed by atoms with Crippen molar-refractivity contribution in [3.8, 4) is 5.75 Å². The first-order chi connectivity index (χ1) is 17.5. The second kappa shape index (κ2) is 11.2. The number of carbonyl (C=O) groups is 2. The van der Waals surface area contributed by atoms with E-state index in [0.29, 0.717) is 38.3 Å². The van der Waals surface area contributed by atoms with Crippen LogP contribution in [0.2, 0.25) is 0 Å². The Morgan fingerprint density at radius 3 is 2.50 bits per heavy atom. The molecule has 9 heteroatoms. The van der Waals surface area contributed by atoms with Crippen LogP contribution in [0, 0.1) is 0 Å². The first-order valence-electron chi connectivity index (χ1n) is 11.5. The molecule has 1 aliphatic heterocycles. The van der Waals surface area contributed by atoms with E-state index < -0.39 is 18.0 Å². The van der Waals surface area contributed by atoms with Crippen molar-refractivity contribution in [2.45, 2.75) is 26.3 Å². The van der Waals surface area contributed by atoms with Crippen LogP contribution in [0.1, 0.15) is 37.4 Å². The fourth-order valence-corrected chi connectivity index (χ4v) is 5.04. The van der Waals surface area contributed by atoms with E-state index in [4.69, 9.17) is 14.2 Å². The number of esters is 2. The highest BCUT2D eigenvalue weighted by molar-refractivity contribution is 7.07. The first-order valence-corrected chi connectivity index (χ1v) is 12.4. The van der Waals surface area contributed by atoms with E-state index in [-0.39, 0.29) is 18.8 Å². The van der Waals surface area contributed by atoms with Crippen LogP contribution < -0.4 is 19.6 Å². The Bertz CT molecular complexity index is 1490. The minimum absolute atomic E-state index is 0.240. The number of aromatic nitrogens is 1. The van der Waals surface area contributed by atoms with Crippen molar-refractivity contribution < 1.29 is 23.8 Å². The number of ether oxygens (including phenoxy) is 3. The summed E-state index contributed by atoms with van der Waals surface area (Å²) in [5, 5.41) is 0. The molecule has 8 nitrogen and oxygen atoms in total. The van der Waals surface area contributed by atoms with Crippen molar-refractivity contribution in [2.75, 3.05) is 20.3 Å². The van der Waals surface area contributed by atoms with Crippen LogP contribution in [0.4, 0.5) is 0 Å². The summed E-state index contributed by atoms with van der Waals surface area (Å²) in [5.41, 5.74) is 2.06. The monoisotopic (exact) mass is 506 g/mol. The van der Waals surface area contributed by atoms with Gasteiger partial charge in [-0.15, -0.1) is 0 Å². The predicted molar refractivity (Wildman–Crippen MR) is 135 cm³/mol. The lowest BCUT2D eigenvalue weighted by Crippen LogP contribution is -2.40. The third kappa shape index (κ3) is 5.01. The summed E-state index contributed by atoms with van der Waals surface area (Å²) in [4.78, 5) is 43.5. The molecule has 2 aromatic carbocycles. The van der Waals surface area contributed by atoms with Gasteiger partial charge in [-0.25, -0.2) is 14.6 Å². The van der Waals surface area contributed by atoms with Gasteiger partial charge < -0.3 is 14.2 Å². The maximum atomic E-state index is 13.7. The predicted octanol–water partition coefficient (Wildman–Crippen LogP) is 2.74. The average molecular weight is 507 g/mol. The Balaban J connectivity index is 1.86. The van der Waals surface area contributed by atoms with Crippen LogP contribution in [0.5, 0.6) is 5.75 Å². The van der Waals surface area contributed by atoms with Gasteiger partial charge in [-0.05, 0) is 31.1 Å². The van der Waals surface area contributed by atoms with Crippen molar-refractivity contribution in [1.82, 2.24) is 4.57 Å². The molecule has 4 rings (SSSR count). The Morgan fingerprint density at radius 2 is 1.81 bits per heavy atom. The van der Waals surface area contributed by atoms with Crippen LogP contribution >= 0.6 is 11.3 Å². The van der Waals surface area contributed by atoms with E-state index in [1.807, 2.05) is 43.3 Å². The number of rotatable bonds is 8. The number of fused-ring (bicyclic) bond motifs is 1. The number of thiazole rings is 1. The maximum absolute atomic E-state index is 13.7. The van der Waals surface area contributed by atoms with E-state index in [1.54, 1.807) is 35.8 Å². The fourth-order valence-electron chi connectivity index (χ4n) is 4.03. The van der Waals surface area contributed by atoms with Crippen molar-refractivity contribution in [3.63, 3.8) is 0 Å². The Labute approximate surface area is 211 Å². The molecule has 36 heavy (non-hydrogen) atoms. The molecule has 1 aliphatic rings. The Morgan fingerprint density at radius 1 is 1.08 bits per heavy atom. The zero-order valence-electron chi connectivity index (χ0n) is 20.2. The standard InChI is InChI=1S/C27H26N2O6S/c1-4-19-23(26(32)33-3)24(17-11-7-6-8-12-17)29-25(31)21(36-27(29)28-19)15-18-13-9-10-14-20(18)35-16-22(30)34-5-2/h6-15,24H,4-5,16H2,1-3H3/b21-15+/t24-/m0/s1. The van der Waals surface area contributed by atoms with Crippen LogP contribution in [-0.2, 0) is 19.1 Å². The first kappa shape index (κ1) is 25.1. The fraction of sp³-hybridized carbons (Fsp3) is 0.259. The molecule has 1 aromatic heterocycles. The lowest BCUT2D eigenvalue weighted by Gasteiger charge is -2.25. The van der Waals surface area contributed by atoms with E-state index in [0.717, 1.165) is 5.56 Å². The molecule has 0 bridgehead atoms. The molecule has 0 aliphatic carbocycles. The van der Waals surface area contributed by atoms with Crippen molar-refractivity contribution in [1.29, 1.82) is 0 Å². The molecule has 0 saturated heterocycles. The number of methoxy groups -OCH3 is 1. The Hall–Kier alpha value is -3.98. The molecular weight excluding hydrogens is 480 g/mol. The second-order valence-electron chi connectivity index (χ2n) is 7.83. The summed E-state index contributed by atoms with van der Waals surface area (Å²) in [7, 11) is 1.32. The average Bonchev–Trinajstić information content (AvgIpc) is 3.21. The van der Waals surface area contributed by atoms with E-state index in [2.05, 4.69) is 4.99 Å². The minimum atomic E-state index is -0.665. The number of allylic oxidation sites excluding steroid dienone is 1. The molecule has 0 N–H and O–H groups in total. The molecule has 1 atom stereocenters. The highest BCUT2D eigenvalue weighted by Crippen LogP contribution is 2.31. The highest BCUT2D eigenvalue weighted by Gasteiger charge is 2.33. The minimum Gasteiger partial charge on any atom is -0.481 e. The van der Waals surface area contributed by atoms with Gasteiger partial charge in [0.25, 0.3) is 5.56 Å². The number of carbonyl (C=O) groups excluding carboxylic acids is 2. The van der Waals surface area contributed by atoms with Crippen molar-refractivity contribution >= 4 is 29.4 Å². The van der Waals surface area contributed by atoms with Gasteiger partial charge in [0.15, 0.2) is 11.4 Å². The van der Waals surface area contributed by atoms with Gasteiger partial charge in [0, 0.05) is 5.56 Å². The van der Waals surface area contributed by atoms with Gasteiger partial charge in [-0.1, -0.05) is 66.8 Å². The largest absolute Gasteiger partial charge is 0.481 e. The topological polar surface area (TPSA) is 96.2 Å². The quantitative estimate of drug-likeness (QED) is 0.436. The molecular formula is C27H26N2O6S.